The van der Waals surface area contributed by atoms with Crippen LogP contribution in [0.5, 0.6) is 0 Å². The summed E-state index contributed by atoms with van der Waals surface area (Å²) < 4.78 is 5.88. The molecule has 2 fully saturated rings. The molecule has 1 heterocycles. The minimum absolute atomic E-state index is 0.0746. The molecule has 76 valence electrons. The molecule has 0 aromatic carbocycles. The molecule has 1 N–H and O–H groups in total. The molecular formula is C11H20O2. The van der Waals surface area contributed by atoms with Crippen molar-refractivity contribution in [3.8, 4) is 0 Å². The molecule has 1 spiro atoms. The summed E-state index contributed by atoms with van der Waals surface area (Å²) in [4.78, 5) is 0. The molecule has 1 aliphatic carbocycles. The molecule has 1 saturated heterocycles. The van der Waals surface area contributed by atoms with Crippen molar-refractivity contribution in [1.82, 2.24) is 0 Å². The van der Waals surface area contributed by atoms with Crippen LogP contribution in [0.15, 0.2) is 0 Å². The second-order valence-corrected chi connectivity index (χ2v) is 5.07. The standard InChI is InChI=1S/C11H20O2/c1-10(2)9(8-12)13-11(10)6-4-3-5-7-11/h9,12H,3-8H2,1-2H3. The summed E-state index contributed by atoms with van der Waals surface area (Å²) in [5.74, 6) is 0. The normalized spacial score (nSPS) is 35.8. The van der Waals surface area contributed by atoms with Crippen LogP contribution in [0.3, 0.4) is 0 Å². The van der Waals surface area contributed by atoms with Gasteiger partial charge in [0, 0.05) is 5.41 Å². The Labute approximate surface area is 80.3 Å². The Hall–Kier alpha value is -0.0800. The van der Waals surface area contributed by atoms with E-state index in [0.29, 0.717) is 0 Å². The third kappa shape index (κ3) is 1.15. The minimum atomic E-state index is 0.0746. The molecule has 0 radical (unpaired) electrons. The molecule has 2 rings (SSSR count). The minimum Gasteiger partial charge on any atom is -0.394 e. The van der Waals surface area contributed by atoms with Crippen LogP contribution in [0.25, 0.3) is 0 Å². The summed E-state index contributed by atoms with van der Waals surface area (Å²) in [6.07, 6.45) is 6.40. The average Bonchev–Trinajstić information content (AvgIpc) is 2.15. The van der Waals surface area contributed by atoms with Gasteiger partial charge in [0.2, 0.25) is 0 Å². The van der Waals surface area contributed by atoms with Crippen LogP contribution in [0.1, 0.15) is 46.0 Å². The van der Waals surface area contributed by atoms with Crippen LogP contribution in [0, 0.1) is 5.41 Å². The van der Waals surface area contributed by atoms with Gasteiger partial charge in [-0.1, -0.05) is 33.1 Å². The molecule has 1 unspecified atom stereocenters. The van der Waals surface area contributed by atoms with E-state index in [9.17, 15) is 0 Å². The van der Waals surface area contributed by atoms with Gasteiger partial charge in [-0.05, 0) is 12.8 Å². The first-order valence-corrected chi connectivity index (χ1v) is 5.41. The Kier molecular flexibility index (Phi) is 2.16. The molecule has 1 aliphatic heterocycles. The Morgan fingerprint density at radius 1 is 1.23 bits per heavy atom. The van der Waals surface area contributed by atoms with Crippen LogP contribution in [-0.4, -0.2) is 23.4 Å². The van der Waals surface area contributed by atoms with Crippen molar-refractivity contribution >= 4 is 0 Å². The lowest BCUT2D eigenvalue weighted by Crippen LogP contribution is -2.67. The summed E-state index contributed by atoms with van der Waals surface area (Å²) in [6.45, 7) is 4.65. The first kappa shape index (κ1) is 9.47. The molecular weight excluding hydrogens is 164 g/mol. The lowest BCUT2D eigenvalue weighted by molar-refractivity contribution is -0.325. The molecule has 2 heteroatoms. The van der Waals surface area contributed by atoms with Gasteiger partial charge in [0.15, 0.2) is 0 Å². The van der Waals surface area contributed by atoms with Crippen molar-refractivity contribution in [2.24, 2.45) is 5.41 Å². The van der Waals surface area contributed by atoms with Crippen LogP contribution < -0.4 is 0 Å². The number of hydrogen-bond acceptors (Lipinski definition) is 2. The van der Waals surface area contributed by atoms with Gasteiger partial charge in [-0.3, -0.25) is 0 Å². The van der Waals surface area contributed by atoms with Gasteiger partial charge in [0.1, 0.15) is 0 Å². The molecule has 0 bridgehead atoms. The smallest absolute Gasteiger partial charge is 0.0891 e. The molecule has 0 aromatic rings. The fraction of sp³-hybridized carbons (Fsp3) is 1.00. The van der Waals surface area contributed by atoms with E-state index in [1.807, 2.05) is 0 Å². The lowest BCUT2D eigenvalue weighted by Gasteiger charge is -2.62. The van der Waals surface area contributed by atoms with Gasteiger partial charge in [-0.25, -0.2) is 0 Å². The van der Waals surface area contributed by atoms with Crippen molar-refractivity contribution < 1.29 is 9.84 Å². The zero-order chi connectivity index (χ0) is 9.53. The SMILES string of the molecule is CC1(C)C(CO)OC12CCCCC2. The maximum absolute atomic E-state index is 9.11. The fourth-order valence-electron chi connectivity index (χ4n) is 2.96. The number of aliphatic hydroxyl groups is 1. The lowest BCUT2D eigenvalue weighted by atomic mass is 9.59. The number of ether oxygens (including phenoxy) is 1. The van der Waals surface area contributed by atoms with Crippen molar-refractivity contribution in [3.05, 3.63) is 0 Å². The average molecular weight is 184 g/mol. The molecule has 0 aromatic heterocycles. The first-order valence-electron chi connectivity index (χ1n) is 5.41. The molecule has 0 amide bonds. The fourth-order valence-corrected chi connectivity index (χ4v) is 2.96. The Bertz CT molecular complexity index is 192. The Balaban J connectivity index is 2.09. The third-order valence-electron chi connectivity index (χ3n) is 4.17. The van der Waals surface area contributed by atoms with Crippen LogP contribution in [0.2, 0.25) is 0 Å². The van der Waals surface area contributed by atoms with Crippen molar-refractivity contribution in [1.29, 1.82) is 0 Å². The highest BCUT2D eigenvalue weighted by Gasteiger charge is 2.60. The summed E-state index contributed by atoms with van der Waals surface area (Å²) in [7, 11) is 0. The van der Waals surface area contributed by atoms with Gasteiger partial charge in [0.05, 0.1) is 18.3 Å². The summed E-state index contributed by atoms with van der Waals surface area (Å²) >= 11 is 0. The van der Waals surface area contributed by atoms with E-state index in [-0.39, 0.29) is 23.7 Å². The highest BCUT2D eigenvalue weighted by atomic mass is 16.6. The Morgan fingerprint density at radius 2 is 1.85 bits per heavy atom. The van der Waals surface area contributed by atoms with E-state index in [0.717, 1.165) is 0 Å². The second kappa shape index (κ2) is 2.96. The van der Waals surface area contributed by atoms with Crippen LogP contribution in [-0.2, 0) is 4.74 Å². The van der Waals surface area contributed by atoms with E-state index in [1.165, 1.54) is 32.1 Å². The van der Waals surface area contributed by atoms with Crippen LogP contribution in [0.4, 0.5) is 0 Å². The summed E-state index contributed by atoms with van der Waals surface area (Å²) in [5.41, 5.74) is 0.292. The van der Waals surface area contributed by atoms with E-state index in [1.54, 1.807) is 0 Å². The molecule has 1 atom stereocenters. The third-order valence-corrected chi connectivity index (χ3v) is 4.17. The van der Waals surface area contributed by atoms with Crippen LogP contribution >= 0.6 is 0 Å². The predicted molar refractivity (Wildman–Crippen MR) is 51.6 cm³/mol. The topological polar surface area (TPSA) is 29.5 Å². The maximum Gasteiger partial charge on any atom is 0.0891 e. The predicted octanol–water partition coefficient (Wildman–Crippen LogP) is 2.11. The largest absolute Gasteiger partial charge is 0.394 e. The molecule has 2 nitrogen and oxygen atoms in total. The van der Waals surface area contributed by atoms with Crippen molar-refractivity contribution in [2.75, 3.05) is 6.61 Å². The highest BCUT2D eigenvalue weighted by molar-refractivity contribution is 5.08. The quantitative estimate of drug-likeness (QED) is 0.676. The van der Waals surface area contributed by atoms with E-state index < -0.39 is 0 Å². The van der Waals surface area contributed by atoms with Gasteiger partial charge in [0.25, 0.3) is 0 Å². The van der Waals surface area contributed by atoms with E-state index in [4.69, 9.17) is 9.84 Å². The van der Waals surface area contributed by atoms with Crippen molar-refractivity contribution in [3.63, 3.8) is 0 Å². The first-order chi connectivity index (χ1) is 6.12. The monoisotopic (exact) mass is 184 g/mol. The summed E-state index contributed by atoms with van der Waals surface area (Å²) in [6, 6.07) is 0. The van der Waals surface area contributed by atoms with E-state index in [2.05, 4.69) is 13.8 Å². The van der Waals surface area contributed by atoms with Gasteiger partial charge < -0.3 is 9.84 Å². The van der Waals surface area contributed by atoms with E-state index >= 15 is 0 Å². The Morgan fingerprint density at radius 3 is 2.31 bits per heavy atom. The maximum atomic E-state index is 9.11. The number of rotatable bonds is 1. The number of hydrogen-bond donors (Lipinski definition) is 1. The zero-order valence-corrected chi connectivity index (χ0v) is 8.68. The van der Waals surface area contributed by atoms with Gasteiger partial charge in [-0.15, -0.1) is 0 Å². The van der Waals surface area contributed by atoms with Gasteiger partial charge >= 0.3 is 0 Å². The molecule has 1 saturated carbocycles. The zero-order valence-electron chi connectivity index (χ0n) is 8.68. The van der Waals surface area contributed by atoms with Crippen molar-refractivity contribution in [2.45, 2.75) is 57.7 Å². The van der Waals surface area contributed by atoms with Gasteiger partial charge in [-0.2, -0.15) is 0 Å². The molecule has 2 aliphatic rings. The highest BCUT2D eigenvalue weighted by Crippen LogP contribution is 2.56. The second-order valence-electron chi connectivity index (χ2n) is 5.07. The summed E-state index contributed by atoms with van der Waals surface area (Å²) in [5, 5.41) is 9.11. The number of aliphatic hydroxyl groups excluding tert-OH is 1. The molecule has 13 heavy (non-hydrogen) atoms.